The maximum Gasteiger partial charge on any atom is 0.242 e. The van der Waals surface area contributed by atoms with E-state index >= 15 is 0 Å². The van der Waals surface area contributed by atoms with Gasteiger partial charge in [0, 0.05) is 86.4 Å². The highest BCUT2D eigenvalue weighted by Gasteiger charge is 2.41. The highest BCUT2D eigenvalue weighted by atomic mass is 35.5. The summed E-state index contributed by atoms with van der Waals surface area (Å²) >= 11 is 22.0. The molecular formula is C60H63Cl3F3N15O6S6. The highest BCUT2D eigenvalue weighted by molar-refractivity contribution is 7.97. The number of hydrogen-bond donors (Lipinski definition) is 6. The Morgan fingerprint density at radius 2 is 0.914 bits per heavy atom. The Bertz CT molecular complexity index is 4440. The van der Waals surface area contributed by atoms with E-state index in [9.17, 15) is 40.2 Å². The van der Waals surface area contributed by atoms with Crippen molar-refractivity contribution >= 4 is 151 Å². The molecule has 0 spiro atoms. The van der Waals surface area contributed by atoms with Crippen LogP contribution in [0.25, 0.3) is 31.7 Å². The molecular weight excluding hydrogens is 1380 g/mol. The van der Waals surface area contributed by atoms with Gasteiger partial charge in [0.05, 0.1) is 101 Å². The number of amides is 3. The van der Waals surface area contributed by atoms with Gasteiger partial charge in [-0.3, -0.25) is 23.7 Å². The molecule has 3 amide bonds. The minimum Gasteiger partial charge on any atom is -0.333 e. The van der Waals surface area contributed by atoms with Crippen LogP contribution in [0, 0.1) is 17.5 Å². The number of likely N-dealkylation sites (N-methyl/N-ethyl adjacent to an activating group) is 3. The zero-order chi connectivity index (χ0) is 67.0. The predicted molar refractivity (Wildman–Crippen MR) is 372 cm³/mol. The van der Waals surface area contributed by atoms with E-state index in [0.717, 1.165) is 46.3 Å². The van der Waals surface area contributed by atoms with Crippen LogP contribution in [0.1, 0.15) is 52.0 Å². The third kappa shape index (κ3) is 15.8. The number of halogens is 6. The molecule has 492 valence electrons. The molecule has 9 aromatic rings. The van der Waals surface area contributed by atoms with E-state index in [1.165, 1.54) is 78.8 Å². The van der Waals surface area contributed by atoms with Crippen molar-refractivity contribution < 1.29 is 40.2 Å². The normalized spacial score (nSPS) is 24.3. The molecule has 3 saturated heterocycles. The molecule has 3 aliphatic rings. The van der Waals surface area contributed by atoms with E-state index in [4.69, 9.17) is 34.8 Å². The Balaban J connectivity index is 0.000000153. The van der Waals surface area contributed by atoms with Gasteiger partial charge in [-0.2, -0.15) is 10.2 Å². The van der Waals surface area contributed by atoms with Gasteiger partial charge in [0.1, 0.15) is 41.3 Å². The van der Waals surface area contributed by atoms with Crippen LogP contribution < -0.4 is 30.1 Å². The summed E-state index contributed by atoms with van der Waals surface area (Å²) in [7, 11) is 1.75. The van der Waals surface area contributed by atoms with Gasteiger partial charge in [0.2, 0.25) is 17.7 Å². The van der Waals surface area contributed by atoms with Crippen molar-refractivity contribution in [1.82, 2.24) is 56.2 Å². The van der Waals surface area contributed by atoms with Crippen molar-refractivity contribution in [1.29, 1.82) is 0 Å². The summed E-state index contributed by atoms with van der Waals surface area (Å²) in [5.41, 5.74) is 3.90. The second-order valence-corrected chi connectivity index (χ2v) is 32.7. The van der Waals surface area contributed by atoms with Crippen molar-refractivity contribution in [3.05, 3.63) is 175 Å². The first-order chi connectivity index (χ1) is 43.9. The zero-order valence-electron chi connectivity index (χ0n) is 50.5. The molecule has 0 saturated carbocycles. The number of carbonyl (C=O) groups is 3. The molecule has 3 fully saturated rings. The van der Waals surface area contributed by atoms with E-state index in [-0.39, 0.29) is 50.9 Å². The second kappa shape index (κ2) is 28.3. The third-order valence-corrected chi connectivity index (χ3v) is 25.6. The van der Waals surface area contributed by atoms with Crippen LogP contribution in [-0.4, -0.2) is 129 Å². The molecule has 12 rings (SSSR count). The van der Waals surface area contributed by atoms with Crippen molar-refractivity contribution in [3.8, 4) is 31.7 Å². The van der Waals surface area contributed by atoms with Crippen LogP contribution in [0.3, 0.4) is 0 Å². The summed E-state index contributed by atoms with van der Waals surface area (Å²) in [6, 6.07) is 24.4. The van der Waals surface area contributed by atoms with Crippen LogP contribution in [0.15, 0.2) is 128 Å². The number of hydrogen-bond acceptors (Lipinski definition) is 12. The molecule has 3 aliphatic heterocycles. The van der Waals surface area contributed by atoms with E-state index in [2.05, 4.69) is 62.9 Å². The van der Waals surface area contributed by atoms with Crippen LogP contribution in [-0.2, 0) is 65.2 Å². The molecule has 9 unspecified atom stereocenters. The lowest BCUT2D eigenvalue weighted by molar-refractivity contribution is -0.120. The number of rotatable bonds is 12. The Kier molecular flexibility index (Phi) is 21.0. The van der Waals surface area contributed by atoms with E-state index in [1.54, 1.807) is 71.9 Å². The molecule has 33 heteroatoms. The largest absolute Gasteiger partial charge is 0.333 e. The first kappa shape index (κ1) is 69.1. The smallest absolute Gasteiger partial charge is 0.242 e. The fourth-order valence-corrected chi connectivity index (χ4v) is 18.7. The van der Waals surface area contributed by atoms with Gasteiger partial charge in [-0.05, 0) is 140 Å². The minimum atomic E-state index is -2.89. The van der Waals surface area contributed by atoms with Gasteiger partial charge in [0.15, 0.2) is 0 Å². The summed E-state index contributed by atoms with van der Waals surface area (Å²) in [5, 5.41) is 16.5. The molecule has 93 heavy (non-hydrogen) atoms. The monoisotopic (exact) mass is 1440 g/mol. The highest BCUT2D eigenvalue weighted by Crippen LogP contribution is 2.40. The Morgan fingerprint density at radius 1 is 0.538 bits per heavy atom. The zero-order valence-corrected chi connectivity index (χ0v) is 57.7. The van der Waals surface area contributed by atoms with Crippen LogP contribution in [0.4, 0.5) is 30.2 Å². The number of benzene rings is 3. The number of imidazole rings is 1. The average molecular weight is 1450 g/mol. The Hall–Kier alpha value is -6.72. The SMILES string of the molecule is C=S1(=O)NC(c2ccc(-c3ccn(C)n3)s2)CC(C(=O)Nc2ccc(F)c(Cl)c2)N1C.C=S1(=O)NC(c2ccc(-c3ccnn3C)s2)CC(C(=O)Nc2ccc(F)c(Cl)c2)N1C.C=S1(=O)NC(c2ccc(-c3cncn3C)s2)CC(C(=O)Nc2ccc(F)c(Cl)c2)N1C. The van der Waals surface area contributed by atoms with Crippen molar-refractivity contribution in [2.75, 3.05) is 37.1 Å². The number of aromatic nitrogens is 6. The summed E-state index contributed by atoms with van der Waals surface area (Å²) < 4.78 is 98.6. The maximum atomic E-state index is 13.4. The lowest BCUT2D eigenvalue weighted by Gasteiger charge is -2.39. The van der Waals surface area contributed by atoms with Gasteiger partial charge in [0.25, 0.3) is 0 Å². The number of carbonyl (C=O) groups excluding carboxylic acids is 3. The first-order valence-electron chi connectivity index (χ1n) is 28.1. The standard InChI is InChI=1S/3C20H21ClFN5O2S2/c1-26-11-23-10-17(26)19-7-6-18(30-19)15-9-16(27(2)31(3,29)25-15)20(28)24-12-4-5-14(22)13(21)8-12;1-26-16(8-9-23-26)19-7-6-18(30-19)15-11-17(27(2)31(3,29)25-15)20(28)24-12-4-5-14(22)13(21)10-12;1-26-9-8-15(24-26)18-6-7-19(30-18)16-11-17(27(2)31(3,29)25-16)20(28)23-12-4-5-14(22)13(21)10-12/h4-8,10-11,15-16H,3,9H2,1-2H3,(H,24,28)(H,25,29);4-10,15,17H,3,11H2,1-2H3,(H,24,28)(H,25,29);4-10,16-17H,3,11H2,1-2H3,(H,23,28)(H,25,29). The topological polar surface area (TPSA) is 238 Å². The lowest BCUT2D eigenvalue weighted by Crippen LogP contribution is -2.55. The lowest BCUT2D eigenvalue weighted by atomic mass is 10.1. The quantitative estimate of drug-likeness (QED) is 0.0637. The van der Waals surface area contributed by atoms with Gasteiger partial charge in [-0.25, -0.2) is 57.9 Å². The Labute approximate surface area is 563 Å². The number of nitrogens with one attached hydrogen (secondary N) is 6. The maximum absolute atomic E-state index is 13.4. The molecule has 9 atom stereocenters. The van der Waals surface area contributed by atoms with Gasteiger partial charge in [-0.1, -0.05) is 34.8 Å². The molecule has 9 heterocycles. The fourth-order valence-electron chi connectivity index (χ4n) is 10.3. The predicted octanol–water partition coefficient (Wildman–Crippen LogP) is 10.4. The van der Waals surface area contributed by atoms with Crippen LogP contribution in [0.2, 0.25) is 15.1 Å². The molecule has 0 bridgehead atoms. The van der Waals surface area contributed by atoms with Crippen molar-refractivity contribution in [3.63, 3.8) is 0 Å². The van der Waals surface area contributed by atoms with Crippen LogP contribution in [0.5, 0.6) is 0 Å². The van der Waals surface area contributed by atoms with Gasteiger partial charge >= 0.3 is 0 Å². The average Bonchev–Trinajstić information content (AvgIpc) is 1.78. The van der Waals surface area contributed by atoms with Crippen LogP contribution >= 0.6 is 68.8 Å². The molecule has 0 aliphatic carbocycles. The first-order valence-corrected chi connectivity index (χ1v) is 36.7. The molecule has 3 aromatic carbocycles. The van der Waals surface area contributed by atoms with Crippen molar-refractivity contribution in [2.24, 2.45) is 21.1 Å². The minimum absolute atomic E-state index is 0.0865. The molecule has 6 aromatic heterocycles. The number of anilines is 3. The van der Waals surface area contributed by atoms with E-state index < -0.39 is 65.3 Å². The van der Waals surface area contributed by atoms with E-state index in [1.807, 2.05) is 80.4 Å². The summed E-state index contributed by atoms with van der Waals surface area (Å²) in [5.74, 6) is 8.61. The molecule has 21 nitrogen and oxygen atoms in total. The fraction of sp³-hybridized carbons (Fsp3) is 0.250. The third-order valence-electron chi connectivity index (χ3n) is 15.6. The summed E-state index contributed by atoms with van der Waals surface area (Å²) in [4.78, 5) is 49.0. The molecule has 6 N–H and O–H groups in total. The Morgan fingerprint density at radius 3 is 1.25 bits per heavy atom. The summed E-state index contributed by atoms with van der Waals surface area (Å²) in [6.45, 7) is 0. The molecule has 0 radical (unpaired) electrons. The number of thiophene rings is 3. The number of aryl methyl sites for hydroxylation is 3. The van der Waals surface area contributed by atoms with Gasteiger partial charge in [-0.15, -0.1) is 34.0 Å². The van der Waals surface area contributed by atoms with Gasteiger partial charge < -0.3 is 20.5 Å². The summed E-state index contributed by atoms with van der Waals surface area (Å²) in [6.07, 6.45) is 8.26. The number of nitrogens with zero attached hydrogens (tertiary/aromatic N) is 9. The second-order valence-electron chi connectivity index (χ2n) is 21.9. The van der Waals surface area contributed by atoms with Crippen molar-refractivity contribution in [2.45, 2.75) is 55.5 Å². The van der Waals surface area contributed by atoms with E-state index in [0.29, 0.717) is 36.3 Å².